The minimum absolute atomic E-state index is 0.0371. The highest BCUT2D eigenvalue weighted by Gasteiger charge is 2.37. The van der Waals surface area contributed by atoms with Crippen LogP contribution in [-0.4, -0.2) is 21.3 Å². The van der Waals surface area contributed by atoms with Crippen LogP contribution in [0.2, 0.25) is 5.02 Å². The number of hydrogen-bond donors (Lipinski definition) is 1. The Labute approximate surface area is 219 Å². The average molecular weight is 507 g/mol. The highest BCUT2D eigenvalue weighted by Crippen LogP contribution is 2.41. The van der Waals surface area contributed by atoms with E-state index in [4.69, 9.17) is 22.4 Å². The molecule has 182 valence electrons. The highest BCUT2D eigenvalue weighted by atomic mass is 35.5. The van der Waals surface area contributed by atoms with Crippen LogP contribution in [0.5, 0.6) is 0 Å². The van der Waals surface area contributed by atoms with Gasteiger partial charge in [-0.2, -0.15) is 15.5 Å². The summed E-state index contributed by atoms with van der Waals surface area (Å²) in [4.78, 5) is 12.4. The first-order chi connectivity index (χ1) is 17.9. The standard InChI is InChI=1S/C29H23ClN6O/c1-18-8-10-20(11-9-18)28-25(17-35(33-28)22-6-4-3-5-7-22)29-24(16-31)26(32)27(19(2)37)34-36(29)23-14-12-21(30)13-15-23/h3-15,17,29H,32H2,1-2H3. The summed E-state index contributed by atoms with van der Waals surface area (Å²) in [7, 11) is 0. The number of nitriles is 1. The van der Waals surface area contributed by atoms with E-state index in [-0.39, 0.29) is 22.8 Å². The molecule has 0 fully saturated rings. The third-order valence-corrected chi connectivity index (χ3v) is 6.45. The van der Waals surface area contributed by atoms with Gasteiger partial charge in [0.15, 0.2) is 11.5 Å². The van der Waals surface area contributed by atoms with Crippen molar-refractivity contribution in [1.82, 2.24) is 9.78 Å². The SMILES string of the molecule is CC(=O)C1=NN(c2ccc(Cl)cc2)C(c2cn(-c3ccccc3)nc2-c2ccc(C)cc2)C(C#N)=C1N. The van der Waals surface area contributed by atoms with Gasteiger partial charge in [0.1, 0.15) is 6.04 Å². The average Bonchev–Trinajstić information content (AvgIpc) is 3.35. The van der Waals surface area contributed by atoms with Crippen LogP contribution in [-0.2, 0) is 4.79 Å². The van der Waals surface area contributed by atoms with E-state index in [0.717, 1.165) is 16.8 Å². The van der Waals surface area contributed by atoms with Crippen molar-refractivity contribution in [2.75, 3.05) is 5.01 Å². The first-order valence-electron chi connectivity index (χ1n) is 11.6. The van der Waals surface area contributed by atoms with E-state index in [9.17, 15) is 10.1 Å². The molecule has 0 saturated heterocycles. The lowest BCUT2D eigenvalue weighted by Crippen LogP contribution is -2.37. The summed E-state index contributed by atoms with van der Waals surface area (Å²) < 4.78 is 1.78. The number of para-hydroxylation sites is 1. The zero-order valence-corrected chi connectivity index (χ0v) is 21.0. The van der Waals surface area contributed by atoms with E-state index in [0.29, 0.717) is 22.0 Å². The summed E-state index contributed by atoms with van der Waals surface area (Å²) >= 11 is 6.15. The normalized spacial score (nSPS) is 15.4. The smallest absolute Gasteiger partial charge is 0.182 e. The second kappa shape index (κ2) is 9.76. The number of anilines is 1. The number of allylic oxidation sites excluding steroid dienone is 1. The lowest BCUT2D eigenvalue weighted by molar-refractivity contribution is -0.111. The predicted octanol–water partition coefficient (Wildman–Crippen LogP) is 5.74. The highest BCUT2D eigenvalue weighted by molar-refractivity contribution is 6.45. The van der Waals surface area contributed by atoms with Crippen molar-refractivity contribution in [2.24, 2.45) is 10.8 Å². The van der Waals surface area contributed by atoms with Gasteiger partial charge in [-0.25, -0.2) is 4.68 Å². The Balaban J connectivity index is 1.78. The fraction of sp³-hybridized carbons (Fsp3) is 0.103. The molecule has 7 nitrogen and oxygen atoms in total. The largest absolute Gasteiger partial charge is 0.396 e. The molecule has 1 aliphatic heterocycles. The van der Waals surface area contributed by atoms with Crippen LogP contribution in [0, 0.1) is 18.3 Å². The molecule has 5 rings (SSSR count). The van der Waals surface area contributed by atoms with E-state index in [1.54, 1.807) is 34.0 Å². The van der Waals surface area contributed by atoms with Gasteiger partial charge < -0.3 is 5.73 Å². The Kier molecular flexibility index (Phi) is 6.34. The van der Waals surface area contributed by atoms with Gasteiger partial charge in [-0.05, 0) is 43.3 Å². The Morgan fingerprint density at radius 1 is 1.00 bits per heavy atom. The molecular formula is C29H23ClN6O. The summed E-state index contributed by atoms with van der Waals surface area (Å²) in [5, 5.41) is 22.1. The Bertz CT molecular complexity index is 1580. The number of rotatable bonds is 5. The van der Waals surface area contributed by atoms with Gasteiger partial charge in [-0.15, -0.1) is 0 Å². The Morgan fingerprint density at radius 2 is 1.68 bits per heavy atom. The van der Waals surface area contributed by atoms with Gasteiger partial charge in [0.25, 0.3) is 0 Å². The van der Waals surface area contributed by atoms with Gasteiger partial charge in [0.2, 0.25) is 0 Å². The molecule has 0 saturated carbocycles. The molecule has 0 radical (unpaired) electrons. The van der Waals surface area contributed by atoms with Gasteiger partial charge >= 0.3 is 0 Å². The van der Waals surface area contributed by atoms with Crippen molar-refractivity contribution in [3.05, 3.63) is 112 Å². The number of nitrogens with zero attached hydrogens (tertiary/aromatic N) is 5. The van der Waals surface area contributed by atoms with Crippen LogP contribution >= 0.6 is 11.6 Å². The molecular weight excluding hydrogens is 484 g/mol. The van der Waals surface area contributed by atoms with Crippen LogP contribution < -0.4 is 10.7 Å². The van der Waals surface area contributed by atoms with Crippen LogP contribution in [0.25, 0.3) is 16.9 Å². The molecule has 0 bridgehead atoms. The molecule has 1 unspecified atom stereocenters. The molecule has 0 spiro atoms. The van der Waals surface area contributed by atoms with Gasteiger partial charge in [-0.3, -0.25) is 9.80 Å². The number of carbonyl (C=O) groups is 1. The number of hydrogen-bond acceptors (Lipinski definition) is 6. The van der Waals surface area contributed by atoms with E-state index in [1.165, 1.54) is 6.92 Å². The predicted molar refractivity (Wildman–Crippen MR) is 145 cm³/mol. The van der Waals surface area contributed by atoms with Crippen molar-refractivity contribution >= 4 is 28.8 Å². The lowest BCUT2D eigenvalue weighted by Gasteiger charge is -2.33. The minimum atomic E-state index is -0.733. The molecule has 8 heteroatoms. The summed E-state index contributed by atoms with van der Waals surface area (Å²) in [6.45, 7) is 3.40. The molecule has 1 atom stereocenters. The molecule has 1 aliphatic rings. The van der Waals surface area contributed by atoms with Gasteiger partial charge in [0, 0.05) is 29.3 Å². The number of nitrogens with two attached hydrogens (primary N) is 1. The second-order valence-corrected chi connectivity index (χ2v) is 9.18. The Hall–Kier alpha value is -4.67. The maximum Gasteiger partial charge on any atom is 0.182 e. The molecule has 2 N–H and O–H groups in total. The number of aromatic nitrogens is 2. The van der Waals surface area contributed by atoms with E-state index >= 15 is 0 Å². The minimum Gasteiger partial charge on any atom is -0.396 e. The quantitative estimate of drug-likeness (QED) is 0.372. The first-order valence-corrected chi connectivity index (χ1v) is 12.0. The van der Waals surface area contributed by atoms with Gasteiger partial charge in [-0.1, -0.05) is 59.6 Å². The topological polar surface area (TPSA) is 100 Å². The summed E-state index contributed by atoms with van der Waals surface area (Å²) in [6.07, 6.45) is 1.89. The Morgan fingerprint density at radius 3 is 2.30 bits per heavy atom. The third kappa shape index (κ3) is 4.51. The summed E-state index contributed by atoms with van der Waals surface area (Å²) in [5.41, 5.74) is 11.6. The maximum atomic E-state index is 12.4. The molecule has 1 aromatic heterocycles. The van der Waals surface area contributed by atoms with Crippen LogP contribution in [0.4, 0.5) is 5.69 Å². The molecule has 0 amide bonds. The molecule has 2 heterocycles. The second-order valence-electron chi connectivity index (χ2n) is 8.75. The van der Waals surface area contributed by atoms with Crippen LogP contribution in [0.15, 0.2) is 101 Å². The third-order valence-electron chi connectivity index (χ3n) is 6.20. The zero-order valence-electron chi connectivity index (χ0n) is 20.3. The van der Waals surface area contributed by atoms with E-state index in [2.05, 4.69) is 11.2 Å². The van der Waals surface area contributed by atoms with E-state index in [1.807, 2.05) is 67.7 Å². The number of halogens is 1. The number of aryl methyl sites for hydroxylation is 1. The summed E-state index contributed by atoms with van der Waals surface area (Å²) in [6, 6.07) is 26.3. The maximum absolute atomic E-state index is 12.4. The lowest BCUT2D eigenvalue weighted by atomic mass is 9.91. The number of ketones is 1. The number of benzene rings is 3. The van der Waals surface area contributed by atoms with Crippen molar-refractivity contribution in [3.8, 4) is 23.0 Å². The molecule has 4 aromatic rings. The number of Topliss-reactive ketones (excluding diaryl/α,β-unsaturated/α-hetero) is 1. The van der Waals surface area contributed by atoms with Crippen molar-refractivity contribution in [2.45, 2.75) is 19.9 Å². The molecule has 37 heavy (non-hydrogen) atoms. The monoisotopic (exact) mass is 506 g/mol. The molecule has 3 aromatic carbocycles. The summed E-state index contributed by atoms with van der Waals surface area (Å²) in [5.74, 6) is -0.332. The van der Waals surface area contributed by atoms with Crippen LogP contribution in [0.3, 0.4) is 0 Å². The fourth-order valence-electron chi connectivity index (χ4n) is 4.32. The number of hydrazone groups is 1. The fourth-order valence-corrected chi connectivity index (χ4v) is 4.45. The van der Waals surface area contributed by atoms with E-state index < -0.39 is 6.04 Å². The van der Waals surface area contributed by atoms with Gasteiger partial charge in [0.05, 0.1) is 34.4 Å². The van der Waals surface area contributed by atoms with Crippen LogP contribution in [0.1, 0.15) is 24.1 Å². The first kappa shape index (κ1) is 24.0. The molecule has 0 aliphatic carbocycles. The van der Waals surface area contributed by atoms with Crippen molar-refractivity contribution in [1.29, 1.82) is 5.26 Å². The number of carbonyl (C=O) groups excluding carboxylic acids is 1. The van der Waals surface area contributed by atoms with Crippen molar-refractivity contribution < 1.29 is 4.79 Å². The van der Waals surface area contributed by atoms with Crippen molar-refractivity contribution in [3.63, 3.8) is 0 Å². The zero-order chi connectivity index (χ0) is 26.1.